The third kappa shape index (κ3) is 4.02. The van der Waals surface area contributed by atoms with Crippen molar-refractivity contribution in [2.24, 2.45) is 0 Å². The molecule has 1 aliphatic rings. The molecule has 0 unspecified atom stereocenters. The van der Waals surface area contributed by atoms with E-state index in [1.54, 1.807) is 11.3 Å². The molecule has 0 bridgehead atoms. The number of benzene rings is 1. The first kappa shape index (κ1) is 19.9. The molecule has 154 valence electrons. The van der Waals surface area contributed by atoms with Gasteiger partial charge in [0.2, 0.25) is 0 Å². The van der Waals surface area contributed by atoms with Gasteiger partial charge in [0.25, 0.3) is 5.56 Å². The Morgan fingerprint density at radius 3 is 2.79 bits per heavy atom. The van der Waals surface area contributed by atoms with Gasteiger partial charge in [0.15, 0.2) is 11.5 Å². The van der Waals surface area contributed by atoms with E-state index >= 15 is 0 Å². The van der Waals surface area contributed by atoms with Crippen LogP contribution >= 0.6 is 11.3 Å². The molecule has 2 heterocycles. The van der Waals surface area contributed by atoms with Crippen LogP contribution in [0, 0.1) is 0 Å². The molecule has 2 N–H and O–H groups in total. The Balaban J connectivity index is 1.50. The third-order valence-electron chi connectivity index (χ3n) is 5.27. The van der Waals surface area contributed by atoms with E-state index < -0.39 is 0 Å². The predicted molar refractivity (Wildman–Crippen MR) is 116 cm³/mol. The standard InChI is InChI=1S/C22H27N3O3S/c1-4-27-16-10-9-14(11-17(16)28-5-2)13(3)23-12-19-24-21(26)20-15-7-6-8-18(15)29-22(20)25-19/h9-11,13,23H,4-8,12H2,1-3H3,(H,24,25,26)/t13-/m1/s1. The Bertz CT molecular complexity index is 1070. The number of H-pyrrole nitrogens is 1. The molecule has 0 spiro atoms. The third-order valence-corrected chi connectivity index (χ3v) is 6.45. The van der Waals surface area contributed by atoms with Gasteiger partial charge in [-0.05, 0) is 63.3 Å². The Morgan fingerprint density at radius 1 is 1.21 bits per heavy atom. The highest BCUT2D eigenvalue weighted by Gasteiger charge is 2.21. The van der Waals surface area contributed by atoms with E-state index in [1.807, 2.05) is 32.0 Å². The van der Waals surface area contributed by atoms with Gasteiger partial charge in [-0.3, -0.25) is 4.79 Å². The lowest BCUT2D eigenvalue weighted by Gasteiger charge is -2.17. The van der Waals surface area contributed by atoms with E-state index in [0.29, 0.717) is 25.6 Å². The molecule has 3 aromatic rings. The molecule has 29 heavy (non-hydrogen) atoms. The summed E-state index contributed by atoms with van der Waals surface area (Å²) < 4.78 is 11.4. The quantitative estimate of drug-likeness (QED) is 0.581. The van der Waals surface area contributed by atoms with Gasteiger partial charge in [-0.1, -0.05) is 6.07 Å². The van der Waals surface area contributed by atoms with Crippen molar-refractivity contribution in [2.75, 3.05) is 13.2 Å². The van der Waals surface area contributed by atoms with E-state index in [4.69, 9.17) is 14.5 Å². The molecular formula is C22H27N3O3S. The first-order chi connectivity index (χ1) is 14.1. The van der Waals surface area contributed by atoms with Crippen LogP contribution in [0.5, 0.6) is 11.5 Å². The Labute approximate surface area is 174 Å². The topological polar surface area (TPSA) is 76.2 Å². The summed E-state index contributed by atoms with van der Waals surface area (Å²) in [4.78, 5) is 22.5. The highest BCUT2D eigenvalue weighted by atomic mass is 32.1. The van der Waals surface area contributed by atoms with Crippen LogP contribution in [0.2, 0.25) is 0 Å². The minimum Gasteiger partial charge on any atom is -0.490 e. The smallest absolute Gasteiger partial charge is 0.259 e. The second kappa shape index (κ2) is 8.55. The first-order valence-corrected chi connectivity index (χ1v) is 11.1. The molecule has 4 rings (SSSR count). The summed E-state index contributed by atoms with van der Waals surface area (Å²) in [6.07, 6.45) is 3.21. The fourth-order valence-corrected chi connectivity index (χ4v) is 5.12. The summed E-state index contributed by atoms with van der Waals surface area (Å²) in [7, 11) is 0. The molecule has 1 aromatic carbocycles. The van der Waals surface area contributed by atoms with Crippen LogP contribution in [-0.2, 0) is 19.4 Å². The molecular weight excluding hydrogens is 386 g/mol. The van der Waals surface area contributed by atoms with Gasteiger partial charge in [-0.15, -0.1) is 11.3 Å². The van der Waals surface area contributed by atoms with Crippen LogP contribution in [0.4, 0.5) is 0 Å². The Morgan fingerprint density at radius 2 is 2.00 bits per heavy atom. The Hall–Kier alpha value is -2.38. The van der Waals surface area contributed by atoms with Crippen molar-refractivity contribution in [1.29, 1.82) is 0 Å². The second-order valence-electron chi connectivity index (χ2n) is 7.22. The van der Waals surface area contributed by atoms with Crippen molar-refractivity contribution in [3.8, 4) is 11.5 Å². The number of aromatic nitrogens is 2. The van der Waals surface area contributed by atoms with Crippen molar-refractivity contribution in [3.63, 3.8) is 0 Å². The Kier molecular flexibility index (Phi) is 5.87. The van der Waals surface area contributed by atoms with Gasteiger partial charge < -0.3 is 19.8 Å². The molecule has 0 fully saturated rings. The number of aryl methyl sites for hydroxylation is 2. The molecule has 7 heteroatoms. The van der Waals surface area contributed by atoms with Crippen LogP contribution in [0.3, 0.4) is 0 Å². The molecule has 0 aliphatic heterocycles. The minimum atomic E-state index is -0.0152. The van der Waals surface area contributed by atoms with Crippen LogP contribution in [-0.4, -0.2) is 23.2 Å². The highest BCUT2D eigenvalue weighted by molar-refractivity contribution is 7.18. The van der Waals surface area contributed by atoms with Crippen molar-refractivity contribution in [1.82, 2.24) is 15.3 Å². The van der Waals surface area contributed by atoms with E-state index in [1.165, 1.54) is 10.4 Å². The average molecular weight is 414 g/mol. The number of ether oxygens (including phenoxy) is 2. The van der Waals surface area contributed by atoms with Gasteiger partial charge >= 0.3 is 0 Å². The average Bonchev–Trinajstić information content (AvgIpc) is 3.28. The predicted octanol–water partition coefficient (Wildman–Crippen LogP) is 4.12. The zero-order valence-corrected chi connectivity index (χ0v) is 17.9. The fraction of sp³-hybridized carbons (Fsp3) is 0.455. The zero-order chi connectivity index (χ0) is 20.4. The van der Waals surface area contributed by atoms with Gasteiger partial charge in [-0.2, -0.15) is 0 Å². The van der Waals surface area contributed by atoms with Crippen LogP contribution in [0.1, 0.15) is 55.1 Å². The number of nitrogens with zero attached hydrogens (tertiary/aromatic N) is 1. The maximum atomic E-state index is 12.6. The second-order valence-corrected chi connectivity index (χ2v) is 8.31. The number of fused-ring (bicyclic) bond motifs is 3. The van der Waals surface area contributed by atoms with Gasteiger partial charge in [0.1, 0.15) is 10.7 Å². The number of hydrogen-bond acceptors (Lipinski definition) is 6. The van der Waals surface area contributed by atoms with Gasteiger partial charge in [0, 0.05) is 10.9 Å². The number of rotatable bonds is 8. The zero-order valence-electron chi connectivity index (χ0n) is 17.1. The summed E-state index contributed by atoms with van der Waals surface area (Å²) in [6.45, 7) is 7.68. The van der Waals surface area contributed by atoms with Crippen LogP contribution in [0.25, 0.3) is 10.2 Å². The summed E-state index contributed by atoms with van der Waals surface area (Å²) in [5.41, 5.74) is 2.29. The molecule has 0 saturated carbocycles. The lowest BCUT2D eigenvalue weighted by molar-refractivity contribution is 0.287. The molecule has 1 aliphatic carbocycles. The van der Waals surface area contributed by atoms with Gasteiger partial charge in [0.05, 0.1) is 25.1 Å². The lowest BCUT2D eigenvalue weighted by atomic mass is 10.1. The maximum absolute atomic E-state index is 12.6. The number of aromatic amines is 1. The number of nitrogens with one attached hydrogen (secondary N) is 2. The van der Waals surface area contributed by atoms with E-state index in [-0.39, 0.29) is 11.6 Å². The van der Waals surface area contributed by atoms with Gasteiger partial charge in [-0.25, -0.2) is 4.98 Å². The molecule has 6 nitrogen and oxygen atoms in total. The number of hydrogen-bond donors (Lipinski definition) is 2. The van der Waals surface area contributed by atoms with E-state index in [2.05, 4.69) is 17.2 Å². The van der Waals surface area contributed by atoms with E-state index in [9.17, 15) is 4.79 Å². The minimum absolute atomic E-state index is 0.0152. The summed E-state index contributed by atoms with van der Waals surface area (Å²) >= 11 is 1.67. The monoisotopic (exact) mass is 413 g/mol. The van der Waals surface area contributed by atoms with Crippen molar-refractivity contribution in [3.05, 3.63) is 50.4 Å². The molecule has 0 saturated heterocycles. The largest absolute Gasteiger partial charge is 0.490 e. The first-order valence-electron chi connectivity index (χ1n) is 10.3. The highest BCUT2D eigenvalue weighted by Crippen LogP contribution is 2.34. The van der Waals surface area contributed by atoms with Crippen molar-refractivity contribution >= 4 is 21.6 Å². The van der Waals surface area contributed by atoms with E-state index in [0.717, 1.165) is 46.5 Å². The number of thiophene rings is 1. The summed E-state index contributed by atoms with van der Waals surface area (Å²) in [5, 5.41) is 4.25. The SMILES string of the molecule is CCOc1ccc([C@@H](C)NCc2nc3sc4c(c3c(=O)[nH]2)CCC4)cc1OCC. The van der Waals surface area contributed by atoms with Crippen molar-refractivity contribution < 1.29 is 9.47 Å². The fourth-order valence-electron chi connectivity index (χ4n) is 3.84. The van der Waals surface area contributed by atoms with Crippen LogP contribution < -0.4 is 20.3 Å². The summed E-state index contributed by atoms with van der Waals surface area (Å²) in [5.74, 6) is 2.18. The normalized spacial score (nSPS) is 14.2. The van der Waals surface area contributed by atoms with Crippen LogP contribution in [0.15, 0.2) is 23.0 Å². The summed E-state index contributed by atoms with van der Waals surface area (Å²) in [6, 6.07) is 6.06. The van der Waals surface area contributed by atoms with Crippen molar-refractivity contribution in [2.45, 2.75) is 52.6 Å². The maximum Gasteiger partial charge on any atom is 0.259 e. The lowest BCUT2D eigenvalue weighted by Crippen LogP contribution is -2.22. The molecule has 0 radical (unpaired) electrons. The molecule has 1 atom stereocenters. The molecule has 0 amide bonds. The molecule has 2 aromatic heterocycles.